The Balaban J connectivity index is 1.49. The molecule has 7 nitrogen and oxygen atoms in total. The van der Waals surface area contributed by atoms with Gasteiger partial charge in [-0.05, 0) is 67.3 Å². The van der Waals surface area contributed by atoms with Crippen LogP contribution in [0.25, 0.3) is 0 Å². The SMILES string of the molecule is N#CCC1CCC(c2ccc(NC(=O)COC(=Nc3ccccc3F)NN)cc2)CC1. The Morgan fingerprint density at radius 1 is 1.16 bits per heavy atom. The monoisotopic (exact) mass is 423 g/mol. The van der Waals surface area contributed by atoms with Gasteiger partial charge in [0, 0.05) is 12.1 Å². The van der Waals surface area contributed by atoms with E-state index in [-0.39, 0.29) is 24.2 Å². The zero-order valence-electron chi connectivity index (χ0n) is 17.2. The van der Waals surface area contributed by atoms with Crippen molar-refractivity contribution in [3.63, 3.8) is 0 Å². The second-order valence-corrected chi connectivity index (χ2v) is 7.55. The summed E-state index contributed by atoms with van der Waals surface area (Å²) in [5.74, 6) is 5.45. The van der Waals surface area contributed by atoms with Gasteiger partial charge in [0.1, 0.15) is 11.5 Å². The number of hydrogen-bond acceptors (Lipinski definition) is 5. The summed E-state index contributed by atoms with van der Waals surface area (Å²) in [6.07, 6.45) is 4.98. The minimum atomic E-state index is -0.526. The second kappa shape index (κ2) is 11.1. The number of amides is 1. The van der Waals surface area contributed by atoms with E-state index in [0.717, 1.165) is 25.7 Å². The van der Waals surface area contributed by atoms with Crippen LogP contribution < -0.4 is 16.6 Å². The number of ether oxygens (including phenoxy) is 1. The number of carbonyl (C=O) groups is 1. The van der Waals surface area contributed by atoms with Crippen molar-refractivity contribution in [3.05, 3.63) is 59.9 Å². The number of nitrogens with zero attached hydrogens (tertiary/aromatic N) is 2. The van der Waals surface area contributed by atoms with E-state index in [9.17, 15) is 9.18 Å². The van der Waals surface area contributed by atoms with Crippen molar-refractivity contribution in [2.24, 2.45) is 16.8 Å². The van der Waals surface area contributed by atoms with E-state index in [2.05, 4.69) is 21.8 Å². The molecular formula is C23H26FN5O2. The molecule has 0 radical (unpaired) electrons. The van der Waals surface area contributed by atoms with Gasteiger partial charge >= 0.3 is 6.02 Å². The predicted octanol–water partition coefficient (Wildman–Crippen LogP) is 4.12. The summed E-state index contributed by atoms with van der Waals surface area (Å²) >= 11 is 0. The van der Waals surface area contributed by atoms with Crippen LogP contribution in [0.5, 0.6) is 0 Å². The molecule has 1 fully saturated rings. The molecule has 0 atom stereocenters. The number of hydrogen-bond donors (Lipinski definition) is 3. The highest BCUT2D eigenvalue weighted by atomic mass is 19.1. The summed E-state index contributed by atoms with van der Waals surface area (Å²) in [6.45, 7) is -0.331. The second-order valence-electron chi connectivity index (χ2n) is 7.55. The summed E-state index contributed by atoms with van der Waals surface area (Å²) in [6, 6.07) is 15.8. The first-order valence-electron chi connectivity index (χ1n) is 10.3. The normalized spacial score (nSPS) is 18.7. The first kappa shape index (κ1) is 22.2. The summed E-state index contributed by atoms with van der Waals surface area (Å²) < 4.78 is 18.9. The first-order valence-corrected chi connectivity index (χ1v) is 10.3. The molecule has 2 aromatic carbocycles. The van der Waals surface area contributed by atoms with Crippen LogP contribution in [-0.2, 0) is 9.53 Å². The maximum absolute atomic E-state index is 13.7. The van der Waals surface area contributed by atoms with Gasteiger partial charge in [-0.25, -0.2) is 10.2 Å². The van der Waals surface area contributed by atoms with Gasteiger partial charge in [-0.1, -0.05) is 24.3 Å². The fourth-order valence-corrected chi connectivity index (χ4v) is 3.76. The fourth-order valence-electron chi connectivity index (χ4n) is 3.76. The minimum Gasteiger partial charge on any atom is -0.454 e. The molecule has 8 heteroatoms. The van der Waals surface area contributed by atoms with E-state index in [1.165, 1.54) is 17.7 Å². The van der Waals surface area contributed by atoms with Crippen LogP contribution in [-0.4, -0.2) is 18.5 Å². The Hall–Kier alpha value is -3.44. The zero-order valence-corrected chi connectivity index (χ0v) is 17.2. The number of nitrogens with one attached hydrogen (secondary N) is 2. The molecule has 1 aliphatic carbocycles. The van der Waals surface area contributed by atoms with Crippen molar-refractivity contribution in [1.82, 2.24) is 5.43 Å². The third-order valence-corrected chi connectivity index (χ3v) is 5.43. The molecule has 0 spiro atoms. The highest BCUT2D eigenvalue weighted by Crippen LogP contribution is 2.37. The van der Waals surface area contributed by atoms with E-state index in [1.54, 1.807) is 12.1 Å². The molecule has 0 aromatic heterocycles. The first-order chi connectivity index (χ1) is 15.1. The fraction of sp³-hybridized carbons (Fsp3) is 0.348. The number of halogens is 1. The van der Waals surface area contributed by atoms with Crippen molar-refractivity contribution in [2.45, 2.75) is 38.0 Å². The van der Waals surface area contributed by atoms with Crippen LogP contribution in [0.15, 0.2) is 53.5 Å². The Labute approximate surface area is 181 Å². The maximum atomic E-state index is 13.7. The lowest BCUT2D eigenvalue weighted by molar-refractivity contribution is -0.118. The van der Waals surface area contributed by atoms with Crippen LogP contribution in [0.1, 0.15) is 43.6 Å². The molecule has 2 aromatic rings. The molecule has 0 aliphatic heterocycles. The summed E-state index contributed by atoms with van der Waals surface area (Å²) in [4.78, 5) is 16.1. The van der Waals surface area contributed by atoms with Gasteiger partial charge in [-0.15, -0.1) is 0 Å². The standard InChI is InChI=1S/C23H26FN5O2/c24-20-3-1-2-4-21(20)28-23(29-26)31-15-22(30)27-19-11-9-18(10-12-19)17-7-5-16(6-8-17)13-14-25/h1-4,9-12,16-17H,5-8,13,15,26H2,(H,27,30)(H,28,29). The molecule has 0 unspecified atom stereocenters. The van der Waals surface area contributed by atoms with Crippen LogP contribution >= 0.6 is 0 Å². The molecule has 1 amide bonds. The average molecular weight is 423 g/mol. The topological polar surface area (TPSA) is 113 Å². The molecule has 1 aliphatic rings. The highest BCUT2D eigenvalue weighted by molar-refractivity contribution is 5.93. The number of carbonyl (C=O) groups excluding carboxylic acids is 1. The van der Waals surface area contributed by atoms with Gasteiger partial charge < -0.3 is 10.1 Å². The number of nitrogens with two attached hydrogens (primary N) is 1. The van der Waals surface area contributed by atoms with Crippen molar-refractivity contribution in [3.8, 4) is 6.07 Å². The summed E-state index contributed by atoms with van der Waals surface area (Å²) in [7, 11) is 0. The van der Waals surface area contributed by atoms with Crippen LogP contribution in [0, 0.1) is 23.1 Å². The third kappa shape index (κ3) is 6.52. The van der Waals surface area contributed by atoms with Gasteiger partial charge in [-0.2, -0.15) is 10.3 Å². The lowest BCUT2D eigenvalue weighted by Crippen LogP contribution is -2.34. The van der Waals surface area contributed by atoms with E-state index in [4.69, 9.17) is 15.8 Å². The molecule has 4 N–H and O–H groups in total. The maximum Gasteiger partial charge on any atom is 0.305 e. The number of nitriles is 1. The Kier molecular flexibility index (Phi) is 7.96. The smallest absolute Gasteiger partial charge is 0.305 e. The van der Waals surface area contributed by atoms with E-state index < -0.39 is 5.82 Å². The number of rotatable bonds is 6. The van der Waals surface area contributed by atoms with Crippen molar-refractivity contribution in [2.75, 3.05) is 11.9 Å². The number of aliphatic imine (C=N–C) groups is 1. The van der Waals surface area contributed by atoms with Gasteiger partial charge in [0.25, 0.3) is 5.91 Å². The number of hydrazine groups is 1. The number of anilines is 1. The molecule has 0 heterocycles. The molecule has 31 heavy (non-hydrogen) atoms. The predicted molar refractivity (Wildman–Crippen MR) is 117 cm³/mol. The van der Waals surface area contributed by atoms with Gasteiger partial charge in [0.15, 0.2) is 6.61 Å². The average Bonchev–Trinajstić information content (AvgIpc) is 2.79. The highest BCUT2D eigenvalue weighted by Gasteiger charge is 2.22. The van der Waals surface area contributed by atoms with Gasteiger partial charge in [0.2, 0.25) is 0 Å². The van der Waals surface area contributed by atoms with E-state index in [1.807, 2.05) is 24.3 Å². The van der Waals surface area contributed by atoms with Crippen LogP contribution in [0.4, 0.5) is 15.8 Å². The number of benzene rings is 2. The van der Waals surface area contributed by atoms with Gasteiger partial charge in [0.05, 0.1) is 6.07 Å². The van der Waals surface area contributed by atoms with Crippen LogP contribution in [0.2, 0.25) is 0 Å². The van der Waals surface area contributed by atoms with Crippen molar-refractivity contribution < 1.29 is 13.9 Å². The summed E-state index contributed by atoms with van der Waals surface area (Å²) in [5, 5.41) is 11.6. The molecule has 162 valence electrons. The molecule has 3 rings (SSSR count). The number of amidine groups is 1. The zero-order chi connectivity index (χ0) is 22.1. The molecular weight excluding hydrogens is 397 g/mol. The summed E-state index contributed by atoms with van der Waals surface area (Å²) in [5.41, 5.74) is 4.17. The quantitative estimate of drug-likeness (QED) is 0.280. The largest absolute Gasteiger partial charge is 0.454 e. The van der Waals surface area contributed by atoms with E-state index >= 15 is 0 Å². The van der Waals surface area contributed by atoms with Crippen molar-refractivity contribution in [1.29, 1.82) is 5.26 Å². The lowest BCUT2D eigenvalue weighted by Gasteiger charge is -2.27. The van der Waals surface area contributed by atoms with Crippen LogP contribution in [0.3, 0.4) is 0 Å². The third-order valence-electron chi connectivity index (χ3n) is 5.43. The molecule has 1 saturated carbocycles. The lowest BCUT2D eigenvalue weighted by atomic mass is 9.78. The Morgan fingerprint density at radius 3 is 2.52 bits per heavy atom. The minimum absolute atomic E-state index is 0.0492. The van der Waals surface area contributed by atoms with E-state index in [0.29, 0.717) is 23.9 Å². The Morgan fingerprint density at radius 2 is 1.87 bits per heavy atom. The van der Waals surface area contributed by atoms with Gasteiger partial charge in [-0.3, -0.25) is 10.2 Å². The Bertz CT molecular complexity index is 947. The number of para-hydroxylation sites is 1. The molecule has 0 bridgehead atoms. The van der Waals surface area contributed by atoms with Crippen molar-refractivity contribution >= 4 is 23.3 Å². The molecule has 0 saturated heterocycles.